The normalized spacial score (nSPS) is 16.7. The molecular formula is C17H23N3O3S. The summed E-state index contributed by atoms with van der Waals surface area (Å²) >= 11 is 0. The van der Waals surface area contributed by atoms with Gasteiger partial charge in [0.2, 0.25) is 10.0 Å². The number of nitrogens with zero attached hydrogens (tertiary/aromatic N) is 1. The van der Waals surface area contributed by atoms with Crippen molar-refractivity contribution < 1.29 is 12.8 Å². The van der Waals surface area contributed by atoms with E-state index in [2.05, 4.69) is 15.0 Å². The number of furan rings is 1. The molecule has 0 aliphatic heterocycles. The van der Waals surface area contributed by atoms with Crippen LogP contribution in [0.4, 0.5) is 5.82 Å². The summed E-state index contributed by atoms with van der Waals surface area (Å²) in [6.45, 7) is 0.122. The molecule has 2 aromatic rings. The first kappa shape index (κ1) is 17.0. The third kappa shape index (κ3) is 4.58. The van der Waals surface area contributed by atoms with Gasteiger partial charge in [-0.1, -0.05) is 25.7 Å². The van der Waals surface area contributed by atoms with Gasteiger partial charge in [-0.05, 0) is 37.1 Å². The fraction of sp³-hybridized carbons (Fsp3) is 0.471. The van der Waals surface area contributed by atoms with Gasteiger partial charge in [0.15, 0.2) is 0 Å². The van der Waals surface area contributed by atoms with Crippen LogP contribution in [0.15, 0.2) is 46.0 Å². The lowest BCUT2D eigenvalue weighted by Gasteiger charge is -2.17. The van der Waals surface area contributed by atoms with Crippen molar-refractivity contribution in [3.8, 4) is 0 Å². The van der Waals surface area contributed by atoms with Gasteiger partial charge in [-0.15, -0.1) is 0 Å². The quantitative estimate of drug-likeness (QED) is 0.782. The van der Waals surface area contributed by atoms with E-state index in [9.17, 15) is 8.42 Å². The van der Waals surface area contributed by atoms with Crippen LogP contribution in [-0.2, 0) is 16.6 Å². The highest BCUT2D eigenvalue weighted by molar-refractivity contribution is 7.89. The molecule has 0 aromatic carbocycles. The number of anilines is 1. The second-order valence-corrected chi connectivity index (χ2v) is 7.88. The number of hydrogen-bond donors (Lipinski definition) is 2. The van der Waals surface area contributed by atoms with Crippen molar-refractivity contribution in [1.82, 2.24) is 9.71 Å². The van der Waals surface area contributed by atoms with E-state index >= 15 is 0 Å². The molecule has 7 heteroatoms. The Bertz CT molecular complexity index is 719. The van der Waals surface area contributed by atoms with E-state index in [1.165, 1.54) is 38.1 Å². The number of hydrogen-bond acceptors (Lipinski definition) is 5. The van der Waals surface area contributed by atoms with Gasteiger partial charge in [-0.25, -0.2) is 18.1 Å². The van der Waals surface area contributed by atoms with Crippen molar-refractivity contribution in [1.29, 1.82) is 0 Å². The molecule has 1 aliphatic rings. The van der Waals surface area contributed by atoms with E-state index in [0.717, 1.165) is 18.7 Å². The lowest BCUT2D eigenvalue weighted by atomic mass is 10.1. The summed E-state index contributed by atoms with van der Waals surface area (Å²) in [5, 5.41) is 3.41. The molecule has 0 radical (unpaired) electrons. The Balaban J connectivity index is 1.60. The maximum atomic E-state index is 12.3. The molecule has 2 aromatic heterocycles. The van der Waals surface area contributed by atoms with E-state index in [-0.39, 0.29) is 11.4 Å². The van der Waals surface area contributed by atoms with Gasteiger partial charge in [0.05, 0.1) is 12.8 Å². The third-order valence-electron chi connectivity index (χ3n) is 4.27. The second-order valence-electron chi connectivity index (χ2n) is 6.12. The van der Waals surface area contributed by atoms with Crippen LogP contribution in [0, 0.1) is 0 Å². The lowest BCUT2D eigenvalue weighted by Crippen LogP contribution is -2.23. The first-order valence-electron chi connectivity index (χ1n) is 8.38. The molecular weight excluding hydrogens is 326 g/mol. The predicted molar refractivity (Wildman–Crippen MR) is 92.1 cm³/mol. The molecule has 0 amide bonds. The molecule has 0 unspecified atom stereocenters. The minimum absolute atomic E-state index is 0.122. The average Bonchev–Trinajstić information content (AvgIpc) is 2.98. The van der Waals surface area contributed by atoms with E-state index in [1.54, 1.807) is 24.3 Å². The summed E-state index contributed by atoms with van der Waals surface area (Å²) in [6.07, 6.45) is 10.3. The van der Waals surface area contributed by atoms with Crippen molar-refractivity contribution in [2.45, 2.75) is 56.0 Å². The fourth-order valence-corrected chi connectivity index (χ4v) is 3.86. The van der Waals surface area contributed by atoms with Crippen LogP contribution in [0.2, 0.25) is 0 Å². The Labute approximate surface area is 142 Å². The van der Waals surface area contributed by atoms with Crippen molar-refractivity contribution in [3.05, 3.63) is 42.5 Å². The first-order valence-corrected chi connectivity index (χ1v) is 9.86. The molecule has 6 nitrogen and oxygen atoms in total. The average molecular weight is 349 g/mol. The third-order valence-corrected chi connectivity index (χ3v) is 5.66. The molecule has 2 N–H and O–H groups in total. The van der Waals surface area contributed by atoms with Crippen LogP contribution in [0.3, 0.4) is 0 Å². The van der Waals surface area contributed by atoms with Crippen LogP contribution < -0.4 is 10.0 Å². The van der Waals surface area contributed by atoms with E-state index in [4.69, 9.17) is 4.42 Å². The zero-order valence-corrected chi connectivity index (χ0v) is 14.4. The Hall–Kier alpha value is -1.86. The molecule has 24 heavy (non-hydrogen) atoms. The van der Waals surface area contributed by atoms with Gasteiger partial charge in [0, 0.05) is 12.2 Å². The first-order chi connectivity index (χ1) is 11.6. The van der Waals surface area contributed by atoms with Crippen molar-refractivity contribution >= 4 is 15.8 Å². The van der Waals surface area contributed by atoms with Gasteiger partial charge >= 0.3 is 0 Å². The summed E-state index contributed by atoms with van der Waals surface area (Å²) in [6, 6.07) is 7.18. The monoisotopic (exact) mass is 349 g/mol. The van der Waals surface area contributed by atoms with Crippen molar-refractivity contribution in [3.63, 3.8) is 0 Å². The number of nitrogens with one attached hydrogen (secondary N) is 2. The Kier molecular flexibility index (Phi) is 5.52. The van der Waals surface area contributed by atoms with E-state index in [1.807, 2.05) is 0 Å². The number of pyridine rings is 1. The molecule has 1 saturated carbocycles. The summed E-state index contributed by atoms with van der Waals surface area (Å²) < 4.78 is 32.2. The van der Waals surface area contributed by atoms with E-state index in [0.29, 0.717) is 11.8 Å². The van der Waals surface area contributed by atoms with Gasteiger partial charge in [-0.3, -0.25) is 0 Å². The molecule has 0 bridgehead atoms. The standard InChI is InChI=1S/C17H23N3O3S/c21-24(22,19-12-15-8-5-11-23-15)16-9-10-17(18-13-16)20-14-6-3-1-2-4-7-14/h5,8-11,13-14,19H,1-4,6-7,12H2,(H,18,20). The maximum Gasteiger partial charge on any atom is 0.242 e. The summed E-state index contributed by atoms with van der Waals surface area (Å²) in [5.74, 6) is 1.30. The number of sulfonamides is 1. The van der Waals surface area contributed by atoms with Gasteiger partial charge in [0.25, 0.3) is 0 Å². The highest BCUT2D eigenvalue weighted by Crippen LogP contribution is 2.21. The van der Waals surface area contributed by atoms with Crippen LogP contribution in [0.25, 0.3) is 0 Å². The topological polar surface area (TPSA) is 84.2 Å². The largest absolute Gasteiger partial charge is 0.468 e. The molecule has 3 rings (SSSR count). The molecule has 0 spiro atoms. The fourth-order valence-electron chi connectivity index (χ4n) is 2.92. The smallest absolute Gasteiger partial charge is 0.242 e. The summed E-state index contributed by atoms with van der Waals surface area (Å²) in [5.41, 5.74) is 0. The Morgan fingerprint density at radius 1 is 1.12 bits per heavy atom. The molecule has 0 saturated heterocycles. The summed E-state index contributed by atoms with van der Waals surface area (Å²) in [7, 11) is -3.59. The van der Waals surface area contributed by atoms with Gasteiger partial charge < -0.3 is 9.73 Å². The number of rotatable bonds is 6. The molecule has 1 fully saturated rings. The Morgan fingerprint density at radius 3 is 2.54 bits per heavy atom. The van der Waals surface area contributed by atoms with Crippen LogP contribution in [0.1, 0.15) is 44.3 Å². The highest BCUT2D eigenvalue weighted by Gasteiger charge is 2.16. The van der Waals surface area contributed by atoms with Crippen molar-refractivity contribution in [2.24, 2.45) is 0 Å². The highest BCUT2D eigenvalue weighted by atomic mass is 32.2. The van der Waals surface area contributed by atoms with Crippen LogP contribution >= 0.6 is 0 Å². The summed E-state index contributed by atoms with van der Waals surface area (Å²) in [4.78, 5) is 4.41. The minimum atomic E-state index is -3.59. The Morgan fingerprint density at radius 2 is 1.92 bits per heavy atom. The van der Waals surface area contributed by atoms with Gasteiger partial charge in [0.1, 0.15) is 16.5 Å². The second kappa shape index (κ2) is 7.81. The molecule has 130 valence electrons. The SMILES string of the molecule is O=S(=O)(NCc1ccco1)c1ccc(NC2CCCCCC2)nc1. The zero-order chi connectivity index (χ0) is 16.8. The number of aromatic nitrogens is 1. The molecule has 1 aliphatic carbocycles. The van der Waals surface area contributed by atoms with Crippen LogP contribution in [-0.4, -0.2) is 19.4 Å². The van der Waals surface area contributed by atoms with Crippen molar-refractivity contribution in [2.75, 3.05) is 5.32 Å². The predicted octanol–water partition coefficient (Wildman–Crippen LogP) is 3.29. The zero-order valence-electron chi connectivity index (χ0n) is 13.6. The molecule has 0 atom stereocenters. The lowest BCUT2D eigenvalue weighted by molar-refractivity contribution is 0.498. The van der Waals surface area contributed by atoms with Crippen LogP contribution in [0.5, 0.6) is 0 Å². The minimum Gasteiger partial charge on any atom is -0.468 e. The van der Waals surface area contributed by atoms with Gasteiger partial charge in [-0.2, -0.15) is 0 Å². The van der Waals surface area contributed by atoms with E-state index < -0.39 is 10.0 Å². The molecule has 2 heterocycles. The maximum absolute atomic E-state index is 12.3.